The number of rotatable bonds is 7. The molecular formula is C19H24N8O2S. The minimum Gasteiger partial charge on any atom is -0.469 e. The van der Waals surface area contributed by atoms with E-state index < -0.39 is 0 Å². The van der Waals surface area contributed by atoms with Gasteiger partial charge in [-0.2, -0.15) is 9.97 Å². The van der Waals surface area contributed by atoms with Gasteiger partial charge in [0.1, 0.15) is 17.9 Å². The number of morpholine rings is 1. The van der Waals surface area contributed by atoms with Crippen LogP contribution < -0.4 is 16.2 Å². The van der Waals surface area contributed by atoms with Crippen LogP contribution in [0.1, 0.15) is 16.4 Å². The summed E-state index contributed by atoms with van der Waals surface area (Å²) in [4.78, 5) is 23.4. The van der Waals surface area contributed by atoms with Crippen molar-refractivity contribution in [2.24, 2.45) is 0 Å². The van der Waals surface area contributed by atoms with Crippen LogP contribution in [0.4, 0.5) is 11.8 Å². The molecule has 0 aliphatic carbocycles. The van der Waals surface area contributed by atoms with Crippen molar-refractivity contribution < 1.29 is 9.47 Å². The van der Waals surface area contributed by atoms with E-state index in [1.807, 2.05) is 19.1 Å². The van der Waals surface area contributed by atoms with Crippen LogP contribution >= 0.6 is 11.3 Å². The fourth-order valence-corrected chi connectivity index (χ4v) is 3.80. The Hall–Kier alpha value is -3.02. The van der Waals surface area contributed by atoms with Gasteiger partial charge in [-0.1, -0.05) is 17.9 Å². The summed E-state index contributed by atoms with van der Waals surface area (Å²) in [5.41, 5.74) is 13.9. The highest BCUT2D eigenvalue weighted by molar-refractivity contribution is 7.13. The average molecular weight is 429 g/mol. The van der Waals surface area contributed by atoms with Gasteiger partial charge in [-0.3, -0.25) is 4.90 Å². The van der Waals surface area contributed by atoms with Crippen molar-refractivity contribution in [2.45, 2.75) is 6.92 Å². The van der Waals surface area contributed by atoms with Gasteiger partial charge in [0.2, 0.25) is 5.95 Å². The number of H-pyrrole nitrogens is 1. The second kappa shape index (κ2) is 8.78. The lowest BCUT2D eigenvalue weighted by molar-refractivity contribution is 0.0322. The van der Waals surface area contributed by atoms with Crippen LogP contribution in [0.5, 0.6) is 5.19 Å². The second-order valence-electron chi connectivity index (χ2n) is 6.83. The minimum atomic E-state index is 0.0819. The van der Waals surface area contributed by atoms with Crippen LogP contribution in [0, 0.1) is 6.92 Å². The van der Waals surface area contributed by atoms with Crippen LogP contribution in [-0.2, 0) is 4.74 Å². The van der Waals surface area contributed by atoms with Gasteiger partial charge in [-0.05, 0) is 19.1 Å². The predicted molar refractivity (Wildman–Crippen MR) is 118 cm³/mol. The van der Waals surface area contributed by atoms with Crippen molar-refractivity contribution in [1.82, 2.24) is 29.8 Å². The molecule has 3 aromatic heterocycles. The van der Waals surface area contributed by atoms with Gasteiger partial charge < -0.3 is 25.9 Å². The SMILES string of the molecule is C=C(C=Cc1nc(OCCN2CCOCC2)sc1C)c1nc2nc(N)nc(N)c2[nH]1. The van der Waals surface area contributed by atoms with E-state index in [0.717, 1.165) is 43.4 Å². The molecule has 3 aromatic rings. The summed E-state index contributed by atoms with van der Waals surface area (Å²) >= 11 is 1.53. The van der Waals surface area contributed by atoms with Crippen molar-refractivity contribution >= 4 is 45.9 Å². The Kier molecular flexibility index (Phi) is 5.93. The topological polar surface area (TPSA) is 141 Å². The maximum Gasteiger partial charge on any atom is 0.274 e. The quantitative estimate of drug-likeness (QED) is 0.480. The van der Waals surface area contributed by atoms with Gasteiger partial charge >= 0.3 is 0 Å². The van der Waals surface area contributed by atoms with E-state index >= 15 is 0 Å². The van der Waals surface area contributed by atoms with E-state index in [2.05, 4.69) is 36.4 Å². The average Bonchev–Trinajstić information content (AvgIpc) is 3.30. The molecule has 0 saturated carbocycles. The molecular weight excluding hydrogens is 404 g/mol. The highest BCUT2D eigenvalue weighted by Crippen LogP contribution is 2.26. The number of allylic oxidation sites excluding steroid dienone is 2. The number of ether oxygens (including phenoxy) is 2. The molecule has 5 N–H and O–H groups in total. The molecule has 4 heterocycles. The van der Waals surface area contributed by atoms with Gasteiger partial charge in [0.25, 0.3) is 5.19 Å². The third kappa shape index (κ3) is 4.58. The largest absolute Gasteiger partial charge is 0.469 e. The van der Waals surface area contributed by atoms with E-state index in [4.69, 9.17) is 20.9 Å². The van der Waals surface area contributed by atoms with Gasteiger partial charge in [0.15, 0.2) is 11.5 Å². The van der Waals surface area contributed by atoms with Crippen molar-refractivity contribution in [3.63, 3.8) is 0 Å². The van der Waals surface area contributed by atoms with Gasteiger partial charge in [-0.15, -0.1) is 0 Å². The maximum atomic E-state index is 5.86. The molecule has 0 bridgehead atoms. The summed E-state index contributed by atoms with van der Waals surface area (Å²) in [6, 6.07) is 0. The van der Waals surface area contributed by atoms with E-state index in [0.29, 0.717) is 34.4 Å². The molecule has 0 amide bonds. The van der Waals surface area contributed by atoms with Crippen LogP contribution in [0.25, 0.3) is 22.8 Å². The lowest BCUT2D eigenvalue weighted by Gasteiger charge is -2.26. The fourth-order valence-electron chi connectivity index (χ4n) is 3.03. The highest BCUT2D eigenvalue weighted by atomic mass is 32.1. The number of nitrogen functional groups attached to an aromatic ring is 2. The number of thiazole rings is 1. The van der Waals surface area contributed by atoms with Crippen LogP contribution in [0.2, 0.25) is 0 Å². The first-order chi connectivity index (χ1) is 14.5. The molecule has 4 rings (SSSR count). The molecule has 1 aliphatic rings. The lowest BCUT2D eigenvalue weighted by atomic mass is 10.2. The number of imidazole rings is 1. The Morgan fingerprint density at radius 1 is 1.27 bits per heavy atom. The standard InChI is InChI=1S/C19H24N8O2S/c1-11(16-23-14-15(20)24-18(21)26-17(14)25-16)3-4-13-12(2)30-19(22-13)29-10-7-27-5-8-28-9-6-27/h3-4H,1,5-10H2,2H3,(H5,20,21,23,24,25,26). The summed E-state index contributed by atoms with van der Waals surface area (Å²) in [5, 5.41) is 0.660. The molecule has 0 unspecified atom stereocenters. The summed E-state index contributed by atoms with van der Waals surface area (Å²) < 4.78 is 11.2. The van der Waals surface area contributed by atoms with Crippen molar-refractivity contribution in [1.29, 1.82) is 0 Å². The summed E-state index contributed by atoms with van der Waals surface area (Å²) in [6.45, 7) is 11.0. The zero-order valence-electron chi connectivity index (χ0n) is 16.7. The van der Waals surface area contributed by atoms with Gasteiger partial charge in [0, 0.05) is 30.1 Å². The Morgan fingerprint density at radius 2 is 2.07 bits per heavy atom. The fraction of sp³-hybridized carbons (Fsp3) is 0.368. The Morgan fingerprint density at radius 3 is 2.87 bits per heavy atom. The third-order valence-electron chi connectivity index (χ3n) is 4.69. The van der Waals surface area contributed by atoms with E-state index in [1.54, 1.807) is 0 Å². The predicted octanol–water partition coefficient (Wildman–Crippen LogP) is 1.72. The van der Waals surface area contributed by atoms with Crippen molar-refractivity contribution in [2.75, 3.05) is 50.9 Å². The number of aromatic amines is 1. The maximum absolute atomic E-state index is 5.86. The zero-order valence-corrected chi connectivity index (χ0v) is 17.5. The number of nitrogens with one attached hydrogen (secondary N) is 1. The number of hydrogen-bond donors (Lipinski definition) is 3. The normalized spacial score (nSPS) is 15.2. The molecule has 0 aromatic carbocycles. The summed E-state index contributed by atoms with van der Waals surface area (Å²) in [5.74, 6) is 0.878. The van der Waals surface area contributed by atoms with E-state index in [-0.39, 0.29) is 11.8 Å². The first-order valence-electron chi connectivity index (χ1n) is 9.56. The monoisotopic (exact) mass is 428 g/mol. The Labute approximate surface area is 177 Å². The van der Waals surface area contributed by atoms with Crippen LogP contribution in [0.15, 0.2) is 12.7 Å². The van der Waals surface area contributed by atoms with Gasteiger partial charge in [-0.25, -0.2) is 9.97 Å². The molecule has 0 spiro atoms. The first-order valence-corrected chi connectivity index (χ1v) is 10.4. The minimum absolute atomic E-state index is 0.0819. The molecule has 10 nitrogen and oxygen atoms in total. The molecule has 30 heavy (non-hydrogen) atoms. The zero-order chi connectivity index (χ0) is 21.1. The third-order valence-corrected chi connectivity index (χ3v) is 5.59. The number of anilines is 2. The Balaban J connectivity index is 1.38. The molecule has 1 aliphatic heterocycles. The highest BCUT2D eigenvalue weighted by Gasteiger charge is 2.13. The second-order valence-corrected chi connectivity index (χ2v) is 8.00. The molecule has 11 heteroatoms. The smallest absolute Gasteiger partial charge is 0.274 e. The molecule has 1 saturated heterocycles. The number of nitrogens with two attached hydrogens (primary N) is 2. The number of fused-ring (bicyclic) bond motifs is 1. The number of nitrogens with zero attached hydrogens (tertiary/aromatic N) is 5. The molecule has 1 fully saturated rings. The van der Waals surface area contributed by atoms with Crippen molar-refractivity contribution in [3.05, 3.63) is 29.1 Å². The van der Waals surface area contributed by atoms with E-state index in [9.17, 15) is 0 Å². The molecule has 158 valence electrons. The van der Waals surface area contributed by atoms with Crippen molar-refractivity contribution in [3.8, 4) is 5.19 Å². The number of aromatic nitrogens is 5. The summed E-state index contributed by atoms with van der Waals surface area (Å²) in [7, 11) is 0. The summed E-state index contributed by atoms with van der Waals surface area (Å²) in [6.07, 6.45) is 3.73. The first kappa shape index (κ1) is 20.3. The molecule has 0 atom stereocenters. The number of aryl methyl sites for hydroxylation is 1. The van der Waals surface area contributed by atoms with Crippen LogP contribution in [-0.4, -0.2) is 69.3 Å². The number of hydrogen-bond acceptors (Lipinski definition) is 10. The Bertz CT molecular complexity index is 1080. The van der Waals surface area contributed by atoms with Crippen LogP contribution in [0.3, 0.4) is 0 Å². The van der Waals surface area contributed by atoms with Gasteiger partial charge in [0.05, 0.1) is 18.9 Å². The van der Waals surface area contributed by atoms with E-state index in [1.165, 1.54) is 11.3 Å². The molecule has 0 radical (unpaired) electrons. The lowest BCUT2D eigenvalue weighted by Crippen LogP contribution is -2.38.